The van der Waals surface area contributed by atoms with Gasteiger partial charge in [0.2, 0.25) is 0 Å². The summed E-state index contributed by atoms with van der Waals surface area (Å²) in [5.41, 5.74) is 1.48. The Balaban J connectivity index is 2.41. The molecule has 0 N–H and O–H groups in total. The molecule has 0 saturated carbocycles. The highest BCUT2D eigenvalue weighted by atomic mass is 32.2. The Morgan fingerprint density at radius 3 is 2.42 bits per heavy atom. The van der Waals surface area contributed by atoms with E-state index in [0.29, 0.717) is 10.9 Å². The minimum Gasteiger partial charge on any atom is -0.0622 e. The molecule has 0 heterocycles. The van der Waals surface area contributed by atoms with Crippen LogP contribution in [-0.2, 0) is 16.6 Å². The van der Waals surface area contributed by atoms with Crippen molar-refractivity contribution in [3.8, 4) is 0 Å². The van der Waals surface area contributed by atoms with Crippen LogP contribution in [0.15, 0.2) is 30.3 Å². The molecule has 0 fully saturated rings. The molecule has 0 aliphatic heterocycles. The third-order valence-corrected chi connectivity index (χ3v) is 3.74. The SMILES string of the molecule is CCC[S+](C)Cc1ccccc1. The second-order valence-electron chi connectivity index (χ2n) is 3.12. The summed E-state index contributed by atoms with van der Waals surface area (Å²) in [5.74, 6) is 2.63. The van der Waals surface area contributed by atoms with E-state index in [1.165, 1.54) is 23.5 Å². The van der Waals surface area contributed by atoms with Crippen LogP contribution < -0.4 is 0 Å². The molecule has 0 aliphatic carbocycles. The van der Waals surface area contributed by atoms with E-state index in [2.05, 4.69) is 43.5 Å². The molecule has 66 valence electrons. The van der Waals surface area contributed by atoms with E-state index in [9.17, 15) is 0 Å². The molecule has 0 radical (unpaired) electrons. The molecule has 1 aromatic carbocycles. The van der Waals surface area contributed by atoms with Gasteiger partial charge in [0.25, 0.3) is 0 Å². The molecule has 1 unspecified atom stereocenters. The fourth-order valence-corrected chi connectivity index (χ4v) is 2.88. The monoisotopic (exact) mass is 181 g/mol. The van der Waals surface area contributed by atoms with Crippen LogP contribution >= 0.6 is 0 Å². The lowest BCUT2D eigenvalue weighted by Crippen LogP contribution is -2.06. The lowest BCUT2D eigenvalue weighted by Gasteiger charge is -2.01. The molecule has 0 aromatic heterocycles. The minimum absolute atomic E-state index is 0.579. The van der Waals surface area contributed by atoms with E-state index in [0.717, 1.165) is 0 Å². The fourth-order valence-electron chi connectivity index (χ4n) is 1.28. The highest BCUT2D eigenvalue weighted by Crippen LogP contribution is 2.06. The Kier molecular flexibility index (Phi) is 4.23. The Morgan fingerprint density at radius 2 is 1.83 bits per heavy atom. The average molecular weight is 181 g/mol. The third kappa shape index (κ3) is 3.31. The number of hydrogen-bond acceptors (Lipinski definition) is 0. The Bertz CT molecular complexity index is 206. The topological polar surface area (TPSA) is 0 Å². The first-order chi connectivity index (χ1) is 5.83. The molecule has 1 aromatic rings. The molecule has 0 bridgehead atoms. The molecular weight excluding hydrogens is 164 g/mol. The molecule has 0 amide bonds. The van der Waals surface area contributed by atoms with Gasteiger partial charge >= 0.3 is 0 Å². The summed E-state index contributed by atoms with van der Waals surface area (Å²) in [6, 6.07) is 10.8. The first kappa shape index (κ1) is 9.66. The summed E-state index contributed by atoms with van der Waals surface area (Å²) in [6.07, 6.45) is 3.67. The Morgan fingerprint density at radius 1 is 1.17 bits per heavy atom. The number of rotatable bonds is 4. The highest BCUT2D eigenvalue weighted by Gasteiger charge is 2.09. The summed E-state index contributed by atoms with van der Waals surface area (Å²) < 4.78 is 0. The Labute approximate surface area is 78.3 Å². The van der Waals surface area contributed by atoms with Crippen LogP contribution in [0.1, 0.15) is 18.9 Å². The summed E-state index contributed by atoms with van der Waals surface area (Å²) in [4.78, 5) is 0. The normalized spacial score (nSPS) is 12.8. The molecule has 0 spiro atoms. The van der Waals surface area contributed by atoms with E-state index in [4.69, 9.17) is 0 Å². The van der Waals surface area contributed by atoms with Crippen molar-refractivity contribution in [3.05, 3.63) is 35.9 Å². The smallest absolute Gasteiger partial charge is 0.0622 e. The van der Waals surface area contributed by atoms with Crippen molar-refractivity contribution in [2.75, 3.05) is 12.0 Å². The van der Waals surface area contributed by atoms with Gasteiger partial charge in [0.05, 0.1) is 6.26 Å². The van der Waals surface area contributed by atoms with Gasteiger partial charge in [-0.05, 0) is 17.3 Å². The first-order valence-electron chi connectivity index (χ1n) is 4.46. The van der Waals surface area contributed by atoms with Crippen LogP contribution in [0.5, 0.6) is 0 Å². The van der Waals surface area contributed by atoms with Crippen LogP contribution in [0.2, 0.25) is 0 Å². The molecule has 0 aliphatic rings. The van der Waals surface area contributed by atoms with Crippen molar-refractivity contribution >= 4 is 10.9 Å². The zero-order valence-corrected chi connectivity index (χ0v) is 8.73. The second kappa shape index (κ2) is 5.26. The van der Waals surface area contributed by atoms with Gasteiger partial charge in [0.1, 0.15) is 11.5 Å². The minimum atomic E-state index is 0.579. The zero-order valence-electron chi connectivity index (χ0n) is 7.92. The standard InChI is InChI=1S/C11H17S/c1-3-9-12(2)10-11-7-5-4-6-8-11/h4-8H,3,9-10H2,1-2H3/q+1. The van der Waals surface area contributed by atoms with Crippen LogP contribution in [0.25, 0.3) is 0 Å². The van der Waals surface area contributed by atoms with Crippen molar-refractivity contribution in [2.45, 2.75) is 19.1 Å². The van der Waals surface area contributed by atoms with E-state index in [1.807, 2.05) is 0 Å². The van der Waals surface area contributed by atoms with Gasteiger partial charge in [0, 0.05) is 5.56 Å². The van der Waals surface area contributed by atoms with E-state index < -0.39 is 0 Å². The van der Waals surface area contributed by atoms with E-state index in [1.54, 1.807) is 0 Å². The fraction of sp³-hybridized carbons (Fsp3) is 0.455. The predicted molar refractivity (Wildman–Crippen MR) is 58.6 cm³/mol. The van der Waals surface area contributed by atoms with E-state index >= 15 is 0 Å². The summed E-state index contributed by atoms with van der Waals surface area (Å²) >= 11 is 0. The van der Waals surface area contributed by atoms with Gasteiger partial charge in [-0.3, -0.25) is 0 Å². The third-order valence-electron chi connectivity index (χ3n) is 1.81. The van der Waals surface area contributed by atoms with Crippen LogP contribution in [0.3, 0.4) is 0 Å². The lowest BCUT2D eigenvalue weighted by atomic mass is 10.2. The average Bonchev–Trinajstić information content (AvgIpc) is 2.06. The van der Waals surface area contributed by atoms with Crippen LogP contribution in [-0.4, -0.2) is 12.0 Å². The maximum Gasteiger partial charge on any atom is 0.132 e. The summed E-state index contributed by atoms with van der Waals surface area (Å²) in [7, 11) is 0.579. The van der Waals surface area contributed by atoms with Gasteiger partial charge in [-0.1, -0.05) is 37.3 Å². The maximum atomic E-state index is 2.36. The molecule has 0 saturated heterocycles. The van der Waals surface area contributed by atoms with Crippen molar-refractivity contribution in [1.82, 2.24) is 0 Å². The second-order valence-corrected chi connectivity index (χ2v) is 5.38. The molecule has 0 nitrogen and oxygen atoms in total. The van der Waals surface area contributed by atoms with E-state index in [-0.39, 0.29) is 0 Å². The van der Waals surface area contributed by atoms with Crippen LogP contribution in [0, 0.1) is 0 Å². The lowest BCUT2D eigenvalue weighted by molar-refractivity contribution is 1.10. The van der Waals surface area contributed by atoms with Crippen molar-refractivity contribution < 1.29 is 0 Å². The number of hydrogen-bond donors (Lipinski definition) is 0. The van der Waals surface area contributed by atoms with Crippen molar-refractivity contribution in [2.24, 2.45) is 0 Å². The summed E-state index contributed by atoms with van der Waals surface area (Å²) in [6.45, 7) is 2.26. The molecular formula is C11H17S+. The quantitative estimate of drug-likeness (QED) is 0.627. The molecule has 1 atom stereocenters. The van der Waals surface area contributed by atoms with Gasteiger partial charge in [0.15, 0.2) is 0 Å². The molecule has 12 heavy (non-hydrogen) atoms. The number of benzene rings is 1. The van der Waals surface area contributed by atoms with Crippen LogP contribution in [0.4, 0.5) is 0 Å². The Hall–Kier alpha value is -0.430. The van der Waals surface area contributed by atoms with Gasteiger partial charge < -0.3 is 0 Å². The van der Waals surface area contributed by atoms with Gasteiger partial charge in [-0.25, -0.2) is 0 Å². The largest absolute Gasteiger partial charge is 0.132 e. The molecule has 1 rings (SSSR count). The highest BCUT2D eigenvalue weighted by molar-refractivity contribution is 7.95. The summed E-state index contributed by atoms with van der Waals surface area (Å²) in [5, 5.41) is 0. The first-order valence-corrected chi connectivity index (χ1v) is 6.43. The van der Waals surface area contributed by atoms with Gasteiger partial charge in [-0.2, -0.15) is 0 Å². The maximum absolute atomic E-state index is 2.36. The zero-order chi connectivity index (χ0) is 8.81. The van der Waals surface area contributed by atoms with Crippen molar-refractivity contribution in [3.63, 3.8) is 0 Å². The molecule has 1 heteroatoms. The van der Waals surface area contributed by atoms with Gasteiger partial charge in [-0.15, -0.1) is 0 Å². The predicted octanol–water partition coefficient (Wildman–Crippen LogP) is 2.84. The van der Waals surface area contributed by atoms with Crippen molar-refractivity contribution in [1.29, 1.82) is 0 Å².